The van der Waals surface area contributed by atoms with Crippen LogP contribution in [0.15, 0.2) is 54.6 Å². The number of carbonyl (C=O) groups is 3. The summed E-state index contributed by atoms with van der Waals surface area (Å²) in [4.78, 5) is 36.3. The highest BCUT2D eigenvalue weighted by Gasteiger charge is 2.26. The zero-order chi connectivity index (χ0) is 19.8. The summed E-state index contributed by atoms with van der Waals surface area (Å²) < 4.78 is 10.9. The molecule has 0 aliphatic carbocycles. The van der Waals surface area contributed by atoms with Crippen molar-refractivity contribution in [2.45, 2.75) is 26.1 Å². The lowest BCUT2D eigenvalue weighted by Crippen LogP contribution is -2.41. The molecule has 1 atom stereocenters. The van der Waals surface area contributed by atoms with Gasteiger partial charge < -0.3 is 14.8 Å². The SMILES string of the molecule is CNC(=O)NC(=O)[C@@H](OC(=O)c1ccc(OC(C)C)cc1)c1ccccc1. The van der Waals surface area contributed by atoms with Crippen LogP contribution in [0.1, 0.15) is 35.9 Å². The molecule has 2 aromatic carbocycles. The third-order valence-corrected chi connectivity index (χ3v) is 3.49. The van der Waals surface area contributed by atoms with Crippen LogP contribution in [0, 0.1) is 0 Å². The second kappa shape index (κ2) is 9.38. The fourth-order valence-corrected chi connectivity index (χ4v) is 2.26. The van der Waals surface area contributed by atoms with Crippen LogP contribution in [-0.4, -0.2) is 31.1 Å². The summed E-state index contributed by atoms with van der Waals surface area (Å²) >= 11 is 0. The summed E-state index contributed by atoms with van der Waals surface area (Å²) in [6, 6.07) is 14.2. The van der Waals surface area contributed by atoms with Gasteiger partial charge in [-0.05, 0) is 38.1 Å². The first kappa shape index (κ1) is 20.0. The lowest BCUT2D eigenvalue weighted by atomic mass is 10.1. The molecule has 0 bridgehead atoms. The highest BCUT2D eigenvalue weighted by Crippen LogP contribution is 2.21. The van der Waals surface area contributed by atoms with E-state index in [1.54, 1.807) is 54.6 Å². The third kappa shape index (κ3) is 5.85. The van der Waals surface area contributed by atoms with Crippen molar-refractivity contribution in [2.24, 2.45) is 0 Å². The number of nitrogens with one attached hydrogen (secondary N) is 2. The topological polar surface area (TPSA) is 93.7 Å². The molecule has 0 fully saturated rings. The lowest BCUT2D eigenvalue weighted by molar-refractivity contribution is -0.129. The van der Waals surface area contributed by atoms with E-state index < -0.39 is 24.0 Å². The highest BCUT2D eigenvalue weighted by molar-refractivity contribution is 5.99. The number of hydrogen-bond donors (Lipinski definition) is 2. The molecule has 0 aliphatic rings. The van der Waals surface area contributed by atoms with Crippen LogP contribution in [0.25, 0.3) is 0 Å². The molecule has 3 amide bonds. The van der Waals surface area contributed by atoms with Gasteiger partial charge in [-0.15, -0.1) is 0 Å². The van der Waals surface area contributed by atoms with Crippen molar-refractivity contribution in [3.8, 4) is 5.75 Å². The Morgan fingerprint density at radius 2 is 1.56 bits per heavy atom. The fraction of sp³-hybridized carbons (Fsp3) is 0.250. The molecule has 0 aromatic heterocycles. The first-order valence-corrected chi connectivity index (χ1v) is 8.46. The van der Waals surface area contributed by atoms with E-state index >= 15 is 0 Å². The molecule has 0 unspecified atom stereocenters. The number of urea groups is 1. The first-order chi connectivity index (χ1) is 12.9. The molecular weight excluding hydrogens is 348 g/mol. The van der Waals surface area contributed by atoms with Crippen molar-refractivity contribution < 1.29 is 23.9 Å². The molecule has 0 spiro atoms. The average molecular weight is 370 g/mol. The minimum atomic E-state index is -1.26. The summed E-state index contributed by atoms with van der Waals surface area (Å²) in [6.07, 6.45) is -1.25. The highest BCUT2D eigenvalue weighted by atomic mass is 16.5. The summed E-state index contributed by atoms with van der Waals surface area (Å²) in [6.45, 7) is 3.80. The zero-order valence-corrected chi connectivity index (χ0v) is 15.4. The normalized spacial score (nSPS) is 11.4. The Kier molecular flexibility index (Phi) is 6.93. The molecule has 0 saturated heterocycles. The van der Waals surface area contributed by atoms with Crippen LogP contribution in [0.2, 0.25) is 0 Å². The maximum absolute atomic E-state index is 12.5. The minimum absolute atomic E-state index is 0.0127. The van der Waals surface area contributed by atoms with Crippen molar-refractivity contribution in [3.63, 3.8) is 0 Å². The number of amides is 3. The van der Waals surface area contributed by atoms with Crippen LogP contribution < -0.4 is 15.4 Å². The molecule has 0 radical (unpaired) electrons. The molecule has 2 N–H and O–H groups in total. The Hall–Kier alpha value is -3.35. The van der Waals surface area contributed by atoms with Crippen LogP contribution in [0.3, 0.4) is 0 Å². The molecule has 7 nitrogen and oxygen atoms in total. The second-order valence-electron chi connectivity index (χ2n) is 5.96. The van der Waals surface area contributed by atoms with Gasteiger partial charge in [-0.25, -0.2) is 9.59 Å². The zero-order valence-electron chi connectivity index (χ0n) is 15.4. The van der Waals surface area contributed by atoms with Gasteiger partial charge in [0, 0.05) is 12.6 Å². The summed E-state index contributed by atoms with van der Waals surface area (Å²) in [5.41, 5.74) is 0.715. The molecule has 27 heavy (non-hydrogen) atoms. The molecule has 0 aliphatic heterocycles. The maximum atomic E-state index is 12.5. The van der Waals surface area contributed by atoms with Gasteiger partial charge in [0.05, 0.1) is 11.7 Å². The van der Waals surface area contributed by atoms with Gasteiger partial charge in [-0.3, -0.25) is 10.1 Å². The number of benzene rings is 2. The Labute approximate surface area is 157 Å². The Balaban J connectivity index is 2.17. The monoisotopic (exact) mass is 370 g/mol. The number of rotatable bonds is 6. The summed E-state index contributed by atoms with van der Waals surface area (Å²) in [5.74, 6) is -0.806. The van der Waals surface area contributed by atoms with Gasteiger partial charge in [0.1, 0.15) is 5.75 Å². The number of ether oxygens (including phenoxy) is 2. The Morgan fingerprint density at radius 3 is 2.11 bits per heavy atom. The van der Waals surface area contributed by atoms with Crippen LogP contribution in [-0.2, 0) is 9.53 Å². The third-order valence-electron chi connectivity index (χ3n) is 3.49. The number of hydrogen-bond acceptors (Lipinski definition) is 5. The van der Waals surface area contributed by atoms with Crippen LogP contribution in [0.4, 0.5) is 4.79 Å². The van der Waals surface area contributed by atoms with E-state index in [0.29, 0.717) is 11.3 Å². The van der Waals surface area contributed by atoms with Crippen molar-refractivity contribution in [1.82, 2.24) is 10.6 Å². The van der Waals surface area contributed by atoms with Gasteiger partial charge in [0.15, 0.2) is 0 Å². The molecule has 7 heteroatoms. The fourth-order valence-electron chi connectivity index (χ4n) is 2.26. The smallest absolute Gasteiger partial charge is 0.339 e. The Bertz CT molecular complexity index is 788. The molecule has 0 heterocycles. The lowest BCUT2D eigenvalue weighted by Gasteiger charge is -2.17. The number of imide groups is 1. The van der Waals surface area contributed by atoms with Crippen LogP contribution >= 0.6 is 0 Å². The van der Waals surface area contributed by atoms with E-state index in [-0.39, 0.29) is 11.7 Å². The Morgan fingerprint density at radius 1 is 0.926 bits per heavy atom. The van der Waals surface area contributed by atoms with Gasteiger partial charge in [0.25, 0.3) is 5.91 Å². The van der Waals surface area contributed by atoms with Crippen molar-refractivity contribution >= 4 is 17.9 Å². The maximum Gasteiger partial charge on any atom is 0.339 e. The summed E-state index contributed by atoms with van der Waals surface area (Å²) in [5, 5.41) is 4.41. The van der Waals surface area contributed by atoms with Gasteiger partial charge in [-0.1, -0.05) is 30.3 Å². The van der Waals surface area contributed by atoms with Gasteiger partial charge in [-0.2, -0.15) is 0 Å². The minimum Gasteiger partial charge on any atom is -0.491 e. The van der Waals surface area contributed by atoms with Crippen LogP contribution in [0.5, 0.6) is 5.75 Å². The van der Waals surface area contributed by atoms with E-state index in [4.69, 9.17) is 9.47 Å². The van der Waals surface area contributed by atoms with Crippen molar-refractivity contribution in [3.05, 3.63) is 65.7 Å². The van der Waals surface area contributed by atoms with E-state index in [2.05, 4.69) is 10.6 Å². The van der Waals surface area contributed by atoms with E-state index in [1.165, 1.54) is 7.05 Å². The van der Waals surface area contributed by atoms with E-state index in [0.717, 1.165) is 0 Å². The predicted octanol–water partition coefficient (Wildman–Crippen LogP) is 2.83. The first-order valence-electron chi connectivity index (χ1n) is 8.46. The van der Waals surface area contributed by atoms with E-state index in [1.807, 2.05) is 13.8 Å². The molecular formula is C20H22N2O5. The van der Waals surface area contributed by atoms with E-state index in [9.17, 15) is 14.4 Å². The largest absolute Gasteiger partial charge is 0.491 e. The second-order valence-corrected chi connectivity index (χ2v) is 5.96. The van der Waals surface area contributed by atoms with Crippen molar-refractivity contribution in [1.29, 1.82) is 0 Å². The predicted molar refractivity (Wildman–Crippen MR) is 99.4 cm³/mol. The summed E-state index contributed by atoms with van der Waals surface area (Å²) in [7, 11) is 1.38. The van der Waals surface area contributed by atoms with Gasteiger partial charge in [0.2, 0.25) is 6.10 Å². The van der Waals surface area contributed by atoms with Gasteiger partial charge >= 0.3 is 12.0 Å². The van der Waals surface area contributed by atoms with Crippen molar-refractivity contribution in [2.75, 3.05) is 7.05 Å². The molecule has 142 valence electrons. The molecule has 0 saturated carbocycles. The average Bonchev–Trinajstić information content (AvgIpc) is 2.66. The number of esters is 1. The quantitative estimate of drug-likeness (QED) is 0.763. The molecule has 2 rings (SSSR count). The standard InChI is InChI=1S/C20H22N2O5/c1-13(2)26-16-11-9-15(10-12-16)19(24)27-17(14-7-5-4-6-8-14)18(23)22-20(25)21-3/h4-13,17H,1-3H3,(H2,21,22,23,25)/t17-/m0/s1. The molecule has 2 aromatic rings. The number of carbonyl (C=O) groups excluding carboxylic acids is 3.